The van der Waals surface area contributed by atoms with Gasteiger partial charge in [-0.2, -0.15) is 0 Å². The van der Waals surface area contributed by atoms with E-state index in [1.165, 1.54) is 0 Å². The molecular weight excluding hydrogens is 234 g/mol. The molecule has 4 nitrogen and oxygen atoms in total. The van der Waals surface area contributed by atoms with Gasteiger partial charge in [0.2, 0.25) is 5.78 Å². The largest absolute Gasteiger partial charge is 0.354 e. The molecule has 0 radical (unpaired) electrons. The number of hydrogen-bond acceptors (Lipinski definition) is 3. The third kappa shape index (κ3) is 2.29. The Kier molecular flexibility index (Phi) is 3.10. The first-order valence-corrected chi connectivity index (χ1v) is 5.59. The van der Waals surface area contributed by atoms with Gasteiger partial charge in [-0.3, -0.25) is 15.6 Å². The second-order valence-electron chi connectivity index (χ2n) is 3.92. The summed E-state index contributed by atoms with van der Waals surface area (Å²) in [6, 6.07) is 7.48. The van der Waals surface area contributed by atoms with Crippen molar-refractivity contribution >= 4 is 29.2 Å². The Morgan fingerprint density at radius 1 is 1.29 bits per heavy atom. The van der Waals surface area contributed by atoms with Crippen LogP contribution in [0.4, 0.5) is 0 Å². The molecular formula is C12H13N3OS. The summed E-state index contributed by atoms with van der Waals surface area (Å²) < 4.78 is 0. The molecule has 0 amide bonds. The number of carbonyl (C=O) groups excluding carboxylic acids is 1. The number of nitrogens with one attached hydrogen (secondary N) is 2. The summed E-state index contributed by atoms with van der Waals surface area (Å²) in [7, 11) is 3.66. The lowest BCUT2D eigenvalue weighted by atomic mass is 10.1. The van der Waals surface area contributed by atoms with Crippen LogP contribution in [0.25, 0.3) is 6.08 Å². The SMILES string of the molecule is CN(C)C(=S)NNC1=Cc2ccccc2C1=O. The molecule has 0 heterocycles. The number of hydrazine groups is 1. The Bertz CT molecular complexity index is 508. The van der Waals surface area contributed by atoms with Crippen LogP contribution in [-0.2, 0) is 0 Å². The summed E-state index contributed by atoms with van der Waals surface area (Å²) in [4.78, 5) is 13.7. The quantitative estimate of drug-likeness (QED) is 0.606. The Labute approximate surface area is 105 Å². The first-order valence-electron chi connectivity index (χ1n) is 5.18. The Balaban J connectivity index is 2.07. The molecule has 1 aromatic carbocycles. The molecule has 0 fully saturated rings. The van der Waals surface area contributed by atoms with Crippen molar-refractivity contribution in [1.82, 2.24) is 15.8 Å². The minimum Gasteiger partial charge on any atom is -0.354 e. The van der Waals surface area contributed by atoms with E-state index < -0.39 is 0 Å². The van der Waals surface area contributed by atoms with Crippen molar-refractivity contribution in [2.45, 2.75) is 0 Å². The maximum atomic E-state index is 12.0. The smallest absolute Gasteiger partial charge is 0.211 e. The van der Waals surface area contributed by atoms with Gasteiger partial charge in [-0.1, -0.05) is 24.3 Å². The average molecular weight is 247 g/mol. The third-order valence-corrected chi connectivity index (χ3v) is 2.93. The van der Waals surface area contributed by atoms with Crippen LogP contribution in [0.3, 0.4) is 0 Å². The number of carbonyl (C=O) groups is 1. The fraction of sp³-hybridized carbons (Fsp3) is 0.167. The van der Waals surface area contributed by atoms with Crippen molar-refractivity contribution < 1.29 is 4.79 Å². The molecule has 0 bridgehead atoms. The number of Topliss-reactive ketones (excluding diaryl/α,β-unsaturated/α-hetero) is 1. The first kappa shape index (κ1) is 11.6. The molecule has 0 saturated heterocycles. The number of rotatable bonds is 2. The van der Waals surface area contributed by atoms with Gasteiger partial charge >= 0.3 is 0 Å². The van der Waals surface area contributed by atoms with Gasteiger partial charge in [0.15, 0.2) is 5.11 Å². The summed E-state index contributed by atoms with van der Waals surface area (Å²) in [6.07, 6.45) is 1.81. The second kappa shape index (κ2) is 4.55. The lowest BCUT2D eigenvalue weighted by molar-refractivity contribution is 0.103. The van der Waals surface area contributed by atoms with Gasteiger partial charge in [0, 0.05) is 19.7 Å². The lowest BCUT2D eigenvalue weighted by Gasteiger charge is -2.16. The van der Waals surface area contributed by atoms with Crippen LogP contribution < -0.4 is 10.9 Å². The van der Waals surface area contributed by atoms with Crippen LogP contribution in [0.5, 0.6) is 0 Å². The molecule has 0 aliphatic heterocycles. The molecule has 0 atom stereocenters. The highest BCUT2D eigenvalue weighted by molar-refractivity contribution is 7.80. The number of hydrogen-bond donors (Lipinski definition) is 2. The Morgan fingerprint density at radius 2 is 2.00 bits per heavy atom. The van der Waals surface area contributed by atoms with Crippen molar-refractivity contribution in [3.63, 3.8) is 0 Å². The van der Waals surface area contributed by atoms with Gasteiger partial charge in [-0.25, -0.2) is 0 Å². The number of nitrogens with zero attached hydrogens (tertiary/aromatic N) is 1. The predicted molar refractivity (Wildman–Crippen MR) is 71.3 cm³/mol. The average Bonchev–Trinajstić information content (AvgIpc) is 2.64. The van der Waals surface area contributed by atoms with Crippen molar-refractivity contribution in [3.05, 3.63) is 41.1 Å². The van der Waals surface area contributed by atoms with Crippen LogP contribution in [0, 0.1) is 0 Å². The highest BCUT2D eigenvalue weighted by atomic mass is 32.1. The number of thiocarbonyl (C=S) groups is 1. The Hall–Kier alpha value is -1.88. The summed E-state index contributed by atoms with van der Waals surface area (Å²) in [5.74, 6) is -0.0188. The lowest BCUT2D eigenvalue weighted by Crippen LogP contribution is -2.43. The molecule has 88 valence electrons. The molecule has 2 rings (SSSR count). The highest BCUT2D eigenvalue weighted by Crippen LogP contribution is 2.22. The van der Waals surface area contributed by atoms with E-state index in [0.717, 1.165) is 5.56 Å². The van der Waals surface area contributed by atoms with Crippen molar-refractivity contribution in [3.8, 4) is 0 Å². The topological polar surface area (TPSA) is 44.4 Å². The molecule has 2 N–H and O–H groups in total. The van der Waals surface area contributed by atoms with Crippen LogP contribution >= 0.6 is 12.2 Å². The van der Waals surface area contributed by atoms with E-state index in [1.807, 2.05) is 44.4 Å². The first-order chi connectivity index (χ1) is 8.09. The summed E-state index contributed by atoms with van der Waals surface area (Å²) >= 11 is 5.05. The summed E-state index contributed by atoms with van der Waals surface area (Å²) in [6.45, 7) is 0. The maximum absolute atomic E-state index is 12.0. The predicted octanol–water partition coefficient (Wildman–Crippen LogP) is 1.16. The molecule has 1 aromatic rings. The van der Waals surface area contributed by atoms with Crippen LogP contribution in [0.15, 0.2) is 30.0 Å². The maximum Gasteiger partial charge on any atom is 0.211 e. The fourth-order valence-corrected chi connectivity index (χ4v) is 1.57. The monoisotopic (exact) mass is 247 g/mol. The number of fused-ring (bicyclic) bond motifs is 1. The van der Waals surface area contributed by atoms with E-state index in [9.17, 15) is 4.79 Å². The molecule has 0 spiro atoms. The standard InChI is InChI=1S/C12H13N3OS/c1-15(2)12(17)14-13-10-7-8-5-3-4-6-9(8)11(10)16/h3-7H,1-2H3,(H,13,16)(H,14,17). The van der Waals surface area contributed by atoms with E-state index in [1.54, 1.807) is 4.90 Å². The fourth-order valence-electron chi connectivity index (χ4n) is 1.52. The van der Waals surface area contributed by atoms with E-state index in [-0.39, 0.29) is 5.78 Å². The van der Waals surface area contributed by atoms with Crippen LogP contribution in [0.2, 0.25) is 0 Å². The Morgan fingerprint density at radius 3 is 2.65 bits per heavy atom. The third-order valence-electron chi connectivity index (χ3n) is 2.46. The summed E-state index contributed by atoms with van der Waals surface area (Å²) in [5, 5.41) is 0.523. The number of ketones is 1. The van der Waals surface area contributed by atoms with E-state index >= 15 is 0 Å². The van der Waals surface area contributed by atoms with Gasteiger partial charge < -0.3 is 4.90 Å². The molecule has 17 heavy (non-hydrogen) atoms. The number of benzene rings is 1. The van der Waals surface area contributed by atoms with Gasteiger partial charge in [-0.15, -0.1) is 0 Å². The zero-order chi connectivity index (χ0) is 12.4. The van der Waals surface area contributed by atoms with Crippen molar-refractivity contribution in [2.75, 3.05) is 14.1 Å². The molecule has 1 aliphatic carbocycles. The van der Waals surface area contributed by atoms with Gasteiger partial charge in [0.1, 0.15) is 5.70 Å². The summed E-state index contributed by atoms with van der Waals surface area (Å²) in [5.41, 5.74) is 7.80. The minimum absolute atomic E-state index is 0.0188. The molecule has 0 saturated carbocycles. The molecule has 1 aliphatic rings. The molecule has 5 heteroatoms. The van der Waals surface area contributed by atoms with Gasteiger partial charge in [0.25, 0.3) is 0 Å². The highest BCUT2D eigenvalue weighted by Gasteiger charge is 2.21. The van der Waals surface area contributed by atoms with Crippen LogP contribution in [-0.4, -0.2) is 29.9 Å². The zero-order valence-corrected chi connectivity index (χ0v) is 10.5. The minimum atomic E-state index is -0.0188. The molecule has 0 unspecified atom stereocenters. The second-order valence-corrected chi connectivity index (χ2v) is 4.31. The van der Waals surface area contributed by atoms with Crippen molar-refractivity contribution in [2.24, 2.45) is 0 Å². The normalized spacial score (nSPS) is 12.8. The van der Waals surface area contributed by atoms with E-state index in [2.05, 4.69) is 10.9 Å². The number of allylic oxidation sites excluding steroid dienone is 1. The van der Waals surface area contributed by atoms with Gasteiger partial charge in [-0.05, 0) is 23.9 Å². The van der Waals surface area contributed by atoms with Crippen LogP contribution in [0.1, 0.15) is 15.9 Å². The van der Waals surface area contributed by atoms with Crippen molar-refractivity contribution in [1.29, 1.82) is 0 Å². The van der Waals surface area contributed by atoms with Gasteiger partial charge in [0.05, 0.1) is 0 Å². The van der Waals surface area contributed by atoms with E-state index in [0.29, 0.717) is 16.4 Å². The zero-order valence-electron chi connectivity index (χ0n) is 9.65. The van der Waals surface area contributed by atoms with E-state index in [4.69, 9.17) is 12.2 Å². The molecule has 0 aromatic heterocycles.